The average molecular weight is 445 g/mol. The van der Waals surface area contributed by atoms with Crippen LogP contribution in [-0.2, 0) is 16.1 Å². The Labute approximate surface area is 191 Å². The maximum absolute atomic E-state index is 13.2. The molecule has 0 saturated heterocycles. The third-order valence-electron chi connectivity index (χ3n) is 5.56. The van der Waals surface area contributed by atoms with Crippen LogP contribution in [0.2, 0.25) is 0 Å². The van der Waals surface area contributed by atoms with Crippen molar-refractivity contribution in [3.05, 3.63) is 78.0 Å². The van der Waals surface area contributed by atoms with Gasteiger partial charge in [-0.25, -0.2) is 4.98 Å². The summed E-state index contributed by atoms with van der Waals surface area (Å²) < 4.78 is 16.6. The summed E-state index contributed by atoms with van der Waals surface area (Å²) in [5, 5.41) is 2.91. The van der Waals surface area contributed by atoms with Crippen molar-refractivity contribution in [2.24, 2.45) is 0 Å². The molecule has 0 aliphatic carbocycles. The van der Waals surface area contributed by atoms with Crippen molar-refractivity contribution < 1.29 is 23.8 Å². The fraction of sp³-hybridized carbons (Fsp3) is 0.240. The number of anilines is 1. The number of carbonyl (C=O) groups is 2. The molecule has 8 nitrogen and oxygen atoms in total. The number of pyridine rings is 1. The lowest BCUT2D eigenvalue weighted by Crippen LogP contribution is -2.42. The largest absolute Gasteiger partial charge is 0.472 e. The Bertz CT molecular complexity index is 1170. The van der Waals surface area contributed by atoms with Crippen LogP contribution in [-0.4, -0.2) is 30.1 Å². The summed E-state index contributed by atoms with van der Waals surface area (Å²) in [6.45, 7) is 0.980. The molecule has 1 unspecified atom stereocenters. The van der Waals surface area contributed by atoms with E-state index in [4.69, 9.17) is 14.2 Å². The van der Waals surface area contributed by atoms with E-state index in [9.17, 15) is 9.59 Å². The van der Waals surface area contributed by atoms with E-state index in [1.807, 2.05) is 48.5 Å². The number of hydrogen-bond acceptors (Lipinski definition) is 6. The minimum atomic E-state index is -0.734. The quantitative estimate of drug-likeness (QED) is 0.600. The summed E-state index contributed by atoms with van der Waals surface area (Å²) in [5.74, 6) is 2.16. The fourth-order valence-corrected chi connectivity index (χ4v) is 3.89. The number of carbonyl (C=O) groups excluding carboxylic acids is 2. The van der Waals surface area contributed by atoms with E-state index < -0.39 is 6.10 Å². The van der Waals surface area contributed by atoms with Crippen molar-refractivity contribution in [2.75, 3.05) is 18.2 Å². The molecule has 33 heavy (non-hydrogen) atoms. The first-order valence-corrected chi connectivity index (χ1v) is 10.8. The van der Waals surface area contributed by atoms with Crippen molar-refractivity contribution >= 4 is 17.6 Å². The third kappa shape index (κ3) is 4.45. The van der Waals surface area contributed by atoms with Gasteiger partial charge in [-0.1, -0.05) is 36.4 Å². The van der Waals surface area contributed by atoms with Gasteiger partial charge < -0.3 is 19.5 Å². The molecular weight excluding hydrogens is 422 g/mol. The molecule has 3 heterocycles. The van der Waals surface area contributed by atoms with E-state index in [1.165, 1.54) is 0 Å². The highest BCUT2D eigenvalue weighted by atomic mass is 16.7. The highest BCUT2D eigenvalue weighted by Gasteiger charge is 2.36. The molecule has 8 heteroatoms. The maximum atomic E-state index is 13.2. The SMILES string of the molecule is O=C(CCCN1C(=O)C(c2ccccc2)Oc2cccnc21)NCc1ccc2c(c1)OCO2. The van der Waals surface area contributed by atoms with Crippen LogP contribution in [0.4, 0.5) is 5.82 Å². The van der Waals surface area contributed by atoms with Gasteiger partial charge >= 0.3 is 0 Å². The lowest BCUT2D eigenvalue weighted by molar-refractivity contribution is -0.127. The Morgan fingerprint density at radius 2 is 1.88 bits per heavy atom. The number of benzene rings is 2. The molecule has 5 rings (SSSR count). The van der Waals surface area contributed by atoms with Crippen LogP contribution in [0.1, 0.15) is 30.1 Å². The first kappa shape index (κ1) is 20.8. The molecule has 2 aliphatic rings. The molecule has 2 amide bonds. The summed E-state index contributed by atoms with van der Waals surface area (Å²) in [5.41, 5.74) is 1.71. The zero-order chi connectivity index (χ0) is 22.6. The first-order chi connectivity index (χ1) is 16.2. The average Bonchev–Trinajstić information content (AvgIpc) is 3.32. The van der Waals surface area contributed by atoms with Crippen molar-refractivity contribution in [1.29, 1.82) is 0 Å². The van der Waals surface area contributed by atoms with Crippen LogP contribution in [0.15, 0.2) is 66.9 Å². The Morgan fingerprint density at radius 1 is 1.03 bits per heavy atom. The summed E-state index contributed by atoms with van der Waals surface area (Å²) in [6, 6.07) is 18.5. The van der Waals surface area contributed by atoms with Gasteiger partial charge in [0.1, 0.15) is 0 Å². The molecular formula is C25H23N3O5. The summed E-state index contributed by atoms with van der Waals surface area (Å²) in [7, 11) is 0. The lowest BCUT2D eigenvalue weighted by Gasteiger charge is -2.33. The zero-order valence-corrected chi connectivity index (χ0v) is 17.9. The molecule has 0 radical (unpaired) electrons. The van der Waals surface area contributed by atoms with E-state index >= 15 is 0 Å². The van der Waals surface area contributed by atoms with Crippen LogP contribution >= 0.6 is 0 Å². The number of nitrogens with one attached hydrogen (secondary N) is 1. The second-order valence-corrected chi connectivity index (χ2v) is 7.79. The van der Waals surface area contributed by atoms with Gasteiger partial charge in [0, 0.05) is 31.3 Å². The molecule has 1 atom stereocenters. The smallest absolute Gasteiger partial charge is 0.274 e. The molecule has 1 aromatic heterocycles. The highest BCUT2D eigenvalue weighted by molar-refractivity contribution is 5.99. The van der Waals surface area contributed by atoms with E-state index in [0.29, 0.717) is 42.6 Å². The third-order valence-corrected chi connectivity index (χ3v) is 5.56. The standard InChI is InChI=1S/C25H23N3O5/c29-22(27-15-17-10-11-19-21(14-17)32-16-31-19)9-5-13-28-24-20(8-4-12-26-24)33-23(25(28)30)18-6-2-1-3-7-18/h1-4,6-8,10-12,14,23H,5,9,13,15-16H2,(H,27,29). The highest BCUT2D eigenvalue weighted by Crippen LogP contribution is 2.37. The minimum Gasteiger partial charge on any atom is -0.472 e. The van der Waals surface area contributed by atoms with Crippen LogP contribution in [0, 0.1) is 0 Å². The number of ether oxygens (including phenoxy) is 3. The summed E-state index contributed by atoms with van der Waals surface area (Å²) in [6.07, 6.45) is 1.68. The summed E-state index contributed by atoms with van der Waals surface area (Å²) in [4.78, 5) is 31.6. The van der Waals surface area contributed by atoms with Gasteiger partial charge in [0.2, 0.25) is 18.8 Å². The molecule has 0 saturated carbocycles. The van der Waals surface area contributed by atoms with Gasteiger partial charge in [-0.15, -0.1) is 0 Å². The Balaban J connectivity index is 1.19. The molecule has 0 fully saturated rings. The lowest BCUT2D eigenvalue weighted by atomic mass is 10.1. The van der Waals surface area contributed by atoms with E-state index in [-0.39, 0.29) is 25.0 Å². The molecule has 0 bridgehead atoms. The molecule has 1 N–H and O–H groups in total. The molecule has 3 aromatic rings. The topological polar surface area (TPSA) is 90.0 Å². The van der Waals surface area contributed by atoms with E-state index in [1.54, 1.807) is 23.2 Å². The Morgan fingerprint density at radius 3 is 2.76 bits per heavy atom. The molecule has 2 aromatic carbocycles. The van der Waals surface area contributed by atoms with Crippen LogP contribution in [0.3, 0.4) is 0 Å². The normalized spacial score (nSPS) is 16.2. The van der Waals surface area contributed by atoms with Crippen molar-refractivity contribution in [3.8, 4) is 17.2 Å². The van der Waals surface area contributed by atoms with Gasteiger partial charge in [-0.2, -0.15) is 0 Å². The molecule has 0 spiro atoms. The molecule has 2 aliphatic heterocycles. The van der Waals surface area contributed by atoms with Gasteiger partial charge in [-0.3, -0.25) is 14.5 Å². The fourth-order valence-electron chi connectivity index (χ4n) is 3.89. The van der Waals surface area contributed by atoms with Crippen molar-refractivity contribution in [1.82, 2.24) is 10.3 Å². The van der Waals surface area contributed by atoms with Crippen molar-refractivity contribution in [2.45, 2.75) is 25.5 Å². The van der Waals surface area contributed by atoms with Crippen LogP contribution in [0.25, 0.3) is 0 Å². The minimum absolute atomic E-state index is 0.0887. The zero-order valence-electron chi connectivity index (χ0n) is 17.9. The second-order valence-electron chi connectivity index (χ2n) is 7.79. The number of hydrogen-bond donors (Lipinski definition) is 1. The van der Waals surface area contributed by atoms with Gasteiger partial charge in [0.15, 0.2) is 23.1 Å². The molecule has 168 valence electrons. The van der Waals surface area contributed by atoms with Crippen LogP contribution in [0.5, 0.6) is 17.2 Å². The summed E-state index contributed by atoms with van der Waals surface area (Å²) >= 11 is 0. The van der Waals surface area contributed by atoms with Crippen LogP contribution < -0.4 is 24.4 Å². The van der Waals surface area contributed by atoms with E-state index in [2.05, 4.69) is 10.3 Å². The van der Waals surface area contributed by atoms with Crippen molar-refractivity contribution in [3.63, 3.8) is 0 Å². The number of nitrogens with zero attached hydrogens (tertiary/aromatic N) is 2. The number of amides is 2. The van der Waals surface area contributed by atoms with Gasteiger partial charge in [0.25, 0.3) is 5.91 Å². The predicted octanol–water partition coefficient (Wildman–Crippen LogP) is 3.37. The Hall–Kier alpha value is -4.07. The second kappa shape index (κ2) is 9.20. The number of aromatic nitrogens is 1. The predicted molar refractivity (Wildman–Crippen MR) is 120 cm³/mol. The van der Waals surface area contributed by atoms with E-state index in [0.717, 1.165) is 11.1 Å². The maximum Gasteiger partial charge on any atom is 0.274 e. The first-order valence-electron chi connectivity index (χ1n) is 10.8. The number of fused-ring (bicyclic) bond motifs is 2. The van der Waals surface area contributed by atoms with Gasteiger partial charge in [-0.05, 0) is 36.2 Å². The Kier molecular flexibility index (Phi) is 5.80. The monoisotopic (exact) mass is 445 g/mol. The van der Waals surface area contributed by atoms with Gasteiger partial charge in [0.05, 0.1) is 0 Å². The number of rotatable bonds is 7.